The second-order valence-corrected chi connectivity index (χ2v) is 7.62. The van der Waals surface area contributed by atoms with Gasteiger partial charge < -0.3 is 10.0 Å². The summed E-state index contributed by atoms with van der Waals surface area (Å²) in [6.07, 6.45) is 2.33. The number of aliphatic carboxylic acids is 1. The van der Waals surface area contributed by atoms with E-state index < -0.39 is 27.6 Å². The average molecular weight is 289 g/mol. The normalized spacial score (nSPS) is 30.8. The lowest BCUT2D eigenvalue weighted by Gasteiger charge is -2.25. The number of carbonyl (C=O) groups is 2. The molecule has 1 N–H and O–H groups in total. The zero-order chi connectivity index (χ0) is 14.0. The van der Waals surface area contributed by atoms with E-state index in [1.165, 1.54) is 4.90 Å². The number of carboxylic acid groups (broad SMARTS) is 1. The van der Waals surface area contributed by atoms with Crippen LogP contribution in [0.4, 0.5) is 0 Å². The molecular weight excluding hydrogens is 270 g/mol. The molecule has 2 aliphatic rings. The maximum atomic E-state index is 12.3. The number of carboxylic acids is 1. The zero-order valence-electron chi connectivity index (χ0n) is 10.7. The molecule has 1 aliphatic heterocycles. The van der Waals surface area contributed by atoms with E-state index in [2.05, 4.69) is 0 Å². The van der Waals surface area contributed by atoms with Gasteiger partial charge in [0.2, 0.25) is 5.91 Å². The smallest absolute Gasteiger partial charge is 0.307 e. The van der Waals surface area contributed by atoms with Crippen molar-refractivity contribution >= 4 is 21.7 Å². The molecule has 19 heavy (non-hydrogen) atoms. The summed E-state index contributed by atoms with van der Waals surface area (Å²) in [6.45, 7) is 0.616. The third-order valence-electron chi connectivity index (χ3n) is 4.02. The van der Waals surface area contributed by atoms with Crippen LogP contribution in [0.1, 0.15) is 25.7 Å². The summed E-state index contributed by atoms with van der Waals surface area (Å²) < 4.78 is 23.0. The van der Waals surface area contributed by atoms with Crippen molar-refractivity contribution in [2.45, 2.75) is 25.7 Å². The molecule has 0 radical (unpaired) electrons. The topological polar surface area (TPSA) is 91.8 Å². The van der Waals surface area contributed by atoms with E-state index in [0.717, 1.165) is 6.42 Å². The van der Waals surface area contributed by atoms with Crippen LogP contribution < -0.4 is 0 Å². The highest BCUT2D eigenvalue weighted by Crippen LogP contribution is 2.33. The summed E-state index contributed by atoms with van der Waals surface area (Å²) in [5.41, 5.74) is 0. The van der Waals surface area contributed by atoms with E-state index in [-0.39, 0.29) is 24.0 Å². The molecule has 0 spiro atoms. The van der Waals surface area contributed by atoms with Crippen molar-refractivity contribution in [3.8, 4) is 0 Å². The van der Waals surface area contributed by atoms with E-state index >= 15 is 0 Å². The van der Waals surface area contributed by atoms with Crippen LogP contribution in [-0.4, -0.2) is 54.9 Å². The van der Waals surface area contributed by atoms with Crippen molar-refractivity contribution in [2.75, 3.05) is 24.6 Å². The molecule has 0 aromatic carbocycles. The summed E-state index contributed by atoms with van der Waals surface area (Å²) in [4.78, 5) is 25.0. The third kappa shape index (κ3) is 3.26. The number of nitrogens with zero attached hydrogens (tertiary/aromatic N) is 1. The van der Waals surface area contributed by atoms with Crippen molar-refractivity contribution in [1.29, 1.82) is 0 Å². The molecule has 0 unspecified atom stereocenters. The van der Waals surface area contributed by atoms with Crippen molar-refractivity contribution < 1.29 is 23.1 Å². The van der Waals surface area contributed by atoms with Crippen LogP contribution in [0.3, 0.4) is 0 Å². The summed E-state index contributed by atoms with van der Waals surface area (Å²) in [5.74, 6) is -2.07. The quantitative estimate of drug-likeness (QED) is 0.780. The van der Waals surface area contributed by atoms with E-state index in [4.69, 9.17) is 5.11 Å². The van der Waals surface area contributed by atoms with Gasteiger partial charge in [-0.3, -0.25) is 9.59 Å². The Kier molecular flexibility index (Phi) is 4.13. The Labute approximate surface area is 112 Å². The molecule has 0 aromatic rings. The summed E-state index contributed by atoms with van der Waals surface area (Å²) in [7, 11) is -3.05. The van der Waals surface area contributed by atoms with E-state index in [0.29, 0.717) is 25.8 Å². The van der Waals surface area contributed by atoms with Gasteiger partial charge >= 0.3 is 5.97 Å². The Hall–Kier alpha value is -1.11. The second-order valence-electron chi connectivity index (χ2n) is 5.31. The minimum atomic E-state index is -3.05. The lowest BCUT2D eigenvalue weighted by atomic mass is 9.94. The fourth-order valence-corrected chi connectivity index (χ4v) is 4.22. The van der Waals surface area contributed by atoms with Crippen LogP contribution in [0.15, 0.2) is 0 Å². The number of sulfone groups is 1. The van der Waals surface area contributed by atoms with Gasteiger partial charge in [-0.05, 0) is 19.3 Å². The molecule has 1 heterocycles. The first kappa shape index (κ1) is 14.3. The van der Waals surface area contributed by atoms with E-state index in [9.17, 15) is 18.0 Å². The Morgan fingerprint density at radius 2 is 1.68 bits per heavy atom. The standard InChI is InChI=1S/C12H19NO5S/c14-11(9-3-1-4-10(9)12(15)16)13-5-2-7-19(17,18)8-6-13/h9-10H,1-8H2,(H,15,16)/t9-,10+/m1/s1. The monoisotopic (exact) mass is 289 g/mol. The average Bonchev–Trinajstić information content (AvgIpc) is 2.74. The third-order valence-corrected chi connectivity index (χ3v) is 5.73. The molecule has 108 valence electrons. The van der Waals surface area contributed by atoms with Crippen molar-refractivity contribution in [3.63, 3.8) is 0 Å². The van der Waals surface area contributed by atoms with Gasteiger partial charge in [0.1, 0.15) is 0 Å². The van der Waals surface area contributed by atoms with Gasteiger partial charge in [0, 0.05) is 13.1 Å². The lowest BCUT2D eigenvalue weighted by Crippen LogP contribution is -2.40. The minimum Gasteiger partial charge on any atom is -0.481 e. The highest BCUT2D eigenvalue weighted by molar-refractivity contribution is 7.91. The van der Waals surface area contributed by atoms with Crippen molar-refractivity contribution in [2.24, 2.45) is 11.8 Å². The molecule has 1 amide bonds. The molecule has 7 heteroatoms. The molecule has 1 saturated carbocycles. The number of amides is 1. The minimum absolute atomic E-state index is 0.0107. The molecular formula is C12H19NO5S. The van der Waals surface area contributed by atoms with Gasteiger partial charge in [0.15, 0.2) is 9.84 Å². The van der Waals surface area contributed by atoms with Crippen LogP contribution in [0.5, 0.6) is 0 Å². The maximum Gasteiger partial charge on any atom is 0.307 e. The van der Waals surface area contributed by atoms with Gasteiger partial charge in [-0.15, -0.1) is 0 Å². The molecule has 0 bridgehead atoms. The predicted octanol–water partition coefficient (Wildman–Crippen LogP) is 0.134. The molecule has 1 aliphatic carbocycles. The van der Waals surface area contributed by atoms with Crippen LogP contribution in [0.25, 0.3) is 0 Å². The number of hydrogen-bond acceptors (Lipinski definition) is 4. The number of hydrogen-bond donors (Lipinski definition) is 1. The van der Waals surface area contributed by atoms with Gasteiger partial charge in [-0.2, -0.15) is 0 Å². The Morgan fingerprint density at radius 1 is 1.00 bits per heavy atom. The maximum absolute atomic E-state index is 12.3. The fraction of sp³-hybridized carbons (Fsp3) is 0.833. The Bertz CT molecular complexity index is 473. The van der Waals surface area contributed by atoms with E-state index in [1.807, 2.05) is 0 Å². The van der Waals surface area contributed by atoms with E-state index in [1.54, 1.807) is 0 Å². The van der Waals surface area contributed by atoms with Crippen LogP contribution in [0.2, 0.25) is 0 Å². The number of carbonyl (C=O) groups excluding carboxylic acids is 1. The SMILES string of the molecule is O=C(O)[C@H]1CCC[C@H]1C(=O)N1CCCS(=O)(=O)CC1. The van der Waals surface area contributed by atoms with Gasteiger partial charge in [0.05, 0.1) is 23.3 Å². The lowest BCUT2D eigenvalue weighted by molar-refractivity contribution is -0.149. The molecule has 2 rings (SSSR count). The Balaban J connectivity index is 2.05. The summed E-state index contributed by atoms with van der Waals surface area (Å²) >= 11 is 0. The van der Waals surface area contributed by atoms with Crippen LogP contribution >= 0.6 is 0 Å². The largest absolute Gasteiger partial charge is 0.481 e. The van der Waals surface area contributed by atoms with Crippen LogP contribution in [0, 0.1) is 11.8 Å². The molecule has 1 saturated heterocycles. The van der Waals surface area contributed by atoms with Gasteiger partial charge in [-0.1, -0.05) is 6.42 Å². The first-order chi connectivity index (χ1) is 8.91. The first-order valence-electron chi connectivity index (χ1n) is 6.63. The molecule has 0 aromatic heterocycles. The summed E-state index contributed by atoms with van der Waals surface area (Å²) in [6, 6.07) is 0. The zero-order valence-corrected chi connectivity index (χ0v) is 11.6. The molecule has 6 nitrogen and oxygen atoms in total. The fourth-order valence-electron chi connectivity index (χ4n) is 2.94. The van der Waals surface area contributed by atoms with Gasteiger partial charge in [-0.25, -0.2) is 8.42 Å². The second kappa shape index (κ2) is 5.48. The van der Waals surface area contributed by atoms with Crippen molar-refractivity contribution in [3.05, 3.63) is 0 Å². The molecule has 2 fully saturated rings. The number of rotatable bonds is 2. The van der Waals surface area contributed by atoms with Crippen molar-refractivity contribution in [1.82, 2.24) is 4.90 Å². The first-order valence-corrected chi connectivity index (χ1v) is 8.45. The van der Waals surface area contributed by atoms with Gasteiger partial charge in [0.25, 0.3) is 0 Å². The highest BCUT2D eigenvalue weighted by atomic mass is 32.2. The predicted molar refractivity (Wildman–Crippen MR) is 68.3 cm³/mol. The summed E-state index contributed by atoms with van der Waals surface area (Å²) in [5, 5.41) is 9.10. The molecule has 2 atom stereocenters. The highest BCUT2D eigenvalue weighted by Gasteiger charge is 2.40. The van der Waals surface area contributed by atoms with Crippen LogP contribution in [-0.2, 0) is 19.4 Å². The Morgan fingerprint density at radius 3 is 2.37 bits per heavy atom.